The van der Waals surface area contributed by atoms with Crippen molar-refractivity contribution in [1.29, 1.82) is 5.26 Å². The SMILES string of the molecule is N#CC1CC1.NC(N)=NCc1c(C(=O)NN2CCCCC2)nn(-c2ccc(Cl)cc2Cl)c1-c1ccc(C#Cc2ccc(C(F)(F)F)cc2)s1. The number of aliphatic imine (C=N–C) groups is 1. The van der Waals surface area contributed by atoms with E-state index < -0.39 is 17.6 Å². The summed E-state index contributed by atoms with van der Waals surface area (Å²) < 4.78 is 40.3. The first-order valence-corrected chi connectivity index (χ1v) is 16.9. The van der Waals surface area contributed by atoms with Gasteiger partial charge in [-0.25, -0.2) is 14.7 Å². The van der Waals surface area contributed by atoms with E-state index in [0.717, 1.165) is 57.3 Å². The predicted molar refractivity (Wildman–Crippen MR) is 185 cm³/mol. The molecule has 0 radical (unpaired) electrons. The molecule has 1 amide bonds. The second-order valence-electron chi connectivity index (χ2n) is 11.3. The van der Waals surface area contributed by atoms with Crippen LogP contribution in [0.2, 0.25) is 10.0 Å². The van der Waals surface area contributed by atoms with Gasteiger partial charge in [0.25, 0.3) is 5.91 Å². The topological polar surface area (TPSA) is 138 Å². The van der Waals surface area contributed by atoms with E-state index in [1.165, 1.54) is 23.5 Å². The van der Waals surface area contributed by atoms with Gasteiger partial charge in [0.05, 0.1) is 44.3 Å². The van der Waals surface area contributed by atoms with E-state index in [9.17, 15) is 18.0 Å². The Morgan fingerprint density at radius 3 is 2.35 bits per heavy atom. The standard InChI is InChI=1S/C30H26Cl2F3N7OS.C4H5N/c31-20-9-12-24(23(32)16-20)42-27(22(17-38-29(36)37)26(39-42)28(43)40-41-14-2-1-3-15-41)25-13-11-21(44-25)10-6-18-4-7-19(8-5-18)30(33,34)35;5-3-4-1-2-4/h4-5,7-9,11-13,16H,1-3,14-15,17H2,(H,40,43)(H4,36,37,38);4H,1-2H2. The lowest BCUT2D eigenvalue weighted by molar-refractivity contribution is -0.137. The number of carbonyl (C=O) groups is 1. The molecule has 3 heterocycles. The van der Waals surface area contributed by atoms with Gasteiger partial charge in [-0.3, -0.25) is 10.2 Å². The fraction of sp³-hybridized carbons (Fsp3) is 0.294. The zero-order valence-electron chi connectivity index (χ0n) is 26.0. The summed E-state index contributed by atoms with van der Waals surface area (Å²) in [6.07, 6.45) is 0.898. The first kappa shape index (κ1) is 35.8. The number of halogens is 5. The molecule has 254 valence electrons. The number of nitrogens with one attached hydrogen (secondary N) is 1. The molecule has 1 aliphatic carbocycles. The van der Waals surface area contributed by atoms with Crippen molar-refractivity contribution < 1.29 is 18.0 Å². The molecule has 0 bridgehead atoms. The lowest BCUT2D eigenvalue weighted by atomic mass is 10.1. The average Bonchev–Trinajstić information content (AvgIpc) is 3.68. The van der Waals surface area contributed by atoms with Crippen LogP contribution in [-0.2, 0) is 12.7 Å². The van der Waals surface area contributed by atoms with Crippen molar-refractivity contribution in [2.24, 2.45) is 22.4 Å². The highest BCUT2D eigenvalue weighted by Crippen LogP contribution is 2.37. The Morgan fingerprint density at radius 2 is 1.76 bits per heavy atom. The van der Waals surface area contributed by atoms with Crippen molar-refractivity contribution in [3.63, 3.8) is 0 Å². The smallest absolute Gasteiger partial charge is 0.370 e. The number of benzene rings is 2. The van der Waals surface area contributed by atoms with Crippen molar-refractivity contribution in [2.75, 3.05) is 13.1 Å². The van der Waals surface area contributed by atoms with Crippen molar-refractivity contribution in [2.45, 2.75) is 44.8 Å². The molecule has 2 fully saturated rings. The fourth-order valence-electron chi connectivity index (χ4n) is 4.86. The number of guanidine groups is 1. The largest absolute Gasteiger partial charge is 0.416 e. The summed E-state index contributed by atoms with van der Waals surface area (Å²) in [6.45, 7) is 1.39. The summed E-state index contributed by atoms with van der Waals surface area (Å²) in [5, 5.41) is 15.2. The molecular formula is C34H31Cl2F3N8OS. The van der Waals surface area contributed by atoms with Crippen LogP contribution in [0, 0.1) is 29.1 Å². The van der Waals surface area contributed by atoms with Crippen LogP contribution in [0.1, 0.15) is 64.2 Å². The van der Waals surface area contributed by atoms with Gasteiger partial charge < -0.3 is 11.5 Å². The van der Waals surface area contributed by atoms with Crippen LogP contribution in [0.5, 0.6) is 0 Å². The molecule has 2 aliphatic rings. The van der Waals surface area contributed by atoms with Gasteiger partial charge in [-0.2, -0.15) is 23.5 Å². The Bertz CT molecular complexity index is 1940. The number of carbonyl (C=O) groups excluding carboxylic acids is 1. The number of hydrogen-bond acceptors (Lipinski definition) is 6. The minimum atomic E-state index is -4.43. The third-order valence-electron chi connectivity index (χ3n) is 7.51. The summed E-state index contributed by atoms with van der Waals surface area (Å²) in [5.74, 6) is 5.76. The van der Waals surface area contributed by atoms with E-state index in [1.807, 2.05) is 11.1 Å². The molecule has 5 N–H and O–H groups in total. The normalized spacial score (nSPS) is 14.4. The number of nitrogens with two attached hydrogens (primary N) is 2. The summed E-state index contributed by atoms with van der Waals surface area (Å²) in [6, 6.07) is 15.3. The Balaban J connectivity index is 0.000000858. The highest BCUT2D eigenvalue weighted by atomic mass is 35.5. The van der Waals surface area contributed by atoms with Gasteiger partial charge in [0.15, 0.2) is 11.7 Å². The van der Waals surface area contributed by atoms with E-state index in [2.05, 4.69) is 28.3 Å². The monoisotopic (exact) mass is 726 g/mol. The molecule has 4 aromatic rings. The molecule has 0 spiro atoms. The van der Waals surface area contributed by atoms with Gasteiger partial charge in [0.2, 0.25) is 0 Å². The minimum Gasteiger partial charge on any atom is -0.370 e. The maximum Gasteiger partial charge on any atom is 0.416 e. The molecule has 2 aromatic carbocycles. The number of amides is 1. The number of piperidine rings is 1. The third kappa shape index (κ3) is 9.55. The van der Waals surface area contributed by atoms with E-state index in [-0.39, 0.29) is 18.2 Å². The summed E-state index contributed by atoms with van der Waals surface area (Å²) in [4.78, 5) is 19.1. The van der Waals surface area contributed by atoms with Gasteiger partial charge in [-0.15, -0.1) is 11.3 Å². The number of hydrogen-bond donors (Lipinski definition) is 3. The Labute approximate surface area is 295 Å². The van der Waals surface area contributed by atoms with Crippen LogP contribution >= 0.6 is 34.5 Å². The van der Waals surface area contributed by atoms with Gasteiger partial charge in [-0.1, -0.05) is 41.5 Å². The molecule has 2 aromatic heterocycles. The minimum absolute atomic E-state index is 0.0455. The summed E-state index contributed by atoms with van der Waals surface area (Å²) in [7, 11) is 0. The summed E-state index contributed by atoms with van der Waals surface area (Å²) in [5.41, 5.74) is 15.6. The van der Waals surface area contributed by atoms with Crippen molar-refractivity contribution in [1.82, 2.24) is 20.2 Å². The maximum atomic E-state index is 13.6. The second-order valence-corrected chi connectivity index (χ2v) is 13.2. The highest BCUT2D eigenvalue weighted by Gasteiger charge is 2.30. The number of nitrogens with zero attached hydrogens (tertiary/aromatic N) is 5. The van der Waals surface area contributed by atoms with Crippen molar-refractivity contribution in [3.05, 3.63) is 91.9 Å². The molecular weight excluding hydrogens is 696 g/mol. The van der Waals surface area contributed by atoms with E-state index >= 15 is 0 Å². The van der Waals surface area contributed by atoms with Crippen LogP contribution in [0.25, 0.3) is 16.3 Å². The van der Waals surface area contributed by atoms with Crippen LogP contribution in [0.4, 0.5) is 13.2 Å². The van der Waals surface area contributed by atoms with Gasteiger partial charge in [-0.05, 0) is 80.3 Å². The molecule has 1 saturated heterocycles. The fourth-order valence-corrected chi connectivity index (χ4v) is 6.26. The van der Waals surface area contributed by atoms with Crippen molar-refractivity contribution >= 4 is 46.4 Å². The Morgan fingerprint density at radius 1 is 1.04 bits per heavy atom. The number of aromatic nitrogens is 2. The van der Waals surface area contributed by atoms with E-state index in [1.54, 1.807) is 28.9 Å². The zero-order valence-corrected chi connectivity index (χ0v) is 28.4. The maximum absolute atomic E-state index is 13.6. The number of nitriles is 1. The number of thiophene rings is 1. The number of alkyl halides is 3. The average molecular weight is 728 g/mol. The van der Waals surface area contributed by atoms with Crippen LogP contribution in [0.3, 0.4) is 0 Å². The predicted octanol–water partition coefficient (Wildman–Crippen LogP) is 7.15. The first-order valence-electron chi connectivity index (χ1n) is 15.3. The van der Waals surface area contributed by atoms with Crippen LogP contribution in [0.15, 0.2) is 59.6 Å². The third-order valence-corrected chi connectivity index (χ3v) is 9.06. The van der Waals surface area contributed by atoms with Crippen LogP contribution < -0.4 is 16.9 Å². The molecule has 15 heteroatoms. The number of hydrazine groups is 1. The second kappa shape index (κ2) is 15.8. The highest BCUT2D eigenvalue weighted by molar-refractivity contribution is 7.16. The Kier molecular flexibility index (Phi) is 11.5. The van der Waals surface area contributed by atoms with Gasteiger partial charge >= 0.3 is 6.18 Å². The molecule has 49 heavy (non-hydrogen) atoms. The molecule has 1 saturated carbocycles. The molecule has 9 nitrogen and oxygen atoms in total. The molecule has 6 rings (SSSR count). The van der Waals surface area contributed by atoms with Gasteiger partial charge in [0, 0.05) is 35.2 Å². The lowest BCUT2D eigenvalue weighted by Crippen LogP contribution is -2.45. The Hall–Kier alpha value is -4.53. The van der Waals surface area contributed by atoms with E-state index in [0.29, 0.717) is 48.2 Å². The van der Waals surface area contributed by atoms with Crippen LogP contribution in [-0.4, -0.2) is 39.7 Å². The molecule has 0 atom stereocenters. The molecule has 0 unspecified atom stereocenters. The molecule has 1 aliphatic heterocycles. The van der Waals surface area contributed by atoms with Gasteiger partial charge in [0.1, 0.15) is 0 Å². The zero-order chi connectivity index (χ0) is 35.1. The number of rotatable bonds is 6. The first-order chi connectivity index (χ1) is 23.4. The lowest BCUT2D eigenvalue weighted by Gasteiger charge is -2.26. The van der Waals surface area contributed by atoms with Crippen molar-refractivity contribution in [3.8, 4) is 34.2 Å². The quantitative estimate of drug-likeness (QED) is 0.110. The summed E-state index contributed by atoms with van der Waals surface area (Å²) >= 11 is 14.1. The van der Waals surface area contributed by atoms with E-state index in [4.69, 9.17) is 45.0 Å².